The van der Waals surface area contributed by atoms with Crippen LogP contribution < -0.4 is 0 Å². The van der Waals surface area contributed by atoms with Gasteiger partial charge in [0.15, 0.2) is 0 Å². The zero-order valence-electron chi connectivity index (χ0n) is 9.74. The molecule has 0 aliphatic carbocycles. The average Bonchev–Trinajstić information content (AvgIpc) is 2.64. The fourth-order valence-corrected chi connectivity index (χ4v) is 2.49. The number of aliphatic hydroxyl groups excluding tert-OH is 1. The van der Waals surface area contributed by atoms with Crippen LogP contribution in [0.1, 0.15) is 21.7 Å². The molecule has 0 atom stereocenters. The first-order valence-corrected chi connectivity index (χ1v) is 6.08. The number of nitrogens with zero attached hydrogens (tertiary/aromatic N) is 1. The van der Waals surface area contributed by atoms with Crippen molar-refractivity contribution < 1.29 is 5.11 Å². The first-order chi connectivity index (χ1) is 7.61. The van der Waals surface area contributed by atoms with Gasteiger partial charge in [0.2, 0.25) is 0 Å². The van der Waals surface area contributed by atoms with E-state index >= 15 is 0 Å². The number of hydrogen-bond donors (Lipinski definition) is 1. The molecule has 0 radical (unpaired) electrons. The van der Waals surface area contributed by atoms with E-state index in [2.05, 4.69) is 37.0 Å². The van der Waals surface area contributed by atoms with E-state index in [1.54, 1.807) is 11.3 Å². The van der Waals surface area contributed by atoms with Crippen molar-refractivity contribution in [2.75, 3.05) is 0 Å². The van der Waals surface area contributed by atoms with Crippen molar-refractivity contribution in [2.24, 2.45) is 0 Å². The van der Waals surface area contributed by atoms with Crippen molar-refractivity contribution in [2.45, 2.75) is 27.4 Å². The molecule has 0 saturated carbocycles. The monoisotopic (exact) mass is 233 g/mol. The molecule has 2 rings (SSSR count). The second kappa shape index (κ2) is 4.36. The van der Waals surface area contributed by atoms with Gasteiger partial charge < -0.3 is 5.11 Å². The summed E-state index contributed by atoms with van der Waals surface area (Å²) in [5.74, 6) is 0. The third-order valence-electron chi connectivity index (χ3n) is 2.79. The summed E-state index contributed by atoms with van der Waals surface area (Å²) in [4.78, 5) is 5.43. The van der Waals surface area contributed by atoms with Gasteiger partial charge in [0.1, 0.15) is 5.01 Å². The van der Waals surface area contributed by atoms with Crippen molar-refractivity contribution in [3.05, 3.63) is 39.9 Å². The third-order valence-corrected chi connectivity index (χ3v) is 3.98. The van der Waals surface area contributed by atoms with Crippen molar-refractivity contribution >= 4 is 11.3 Å². The number of rotatable bonds is 2. The van der Waals surface area contributed by atoms with Gasteiger partial charge in [-0.3, -0.25) is 0 Å². The highest BCUT2D eigenvalue weighted by molar-refractivity contribution is 7.15. The van der Waals surface area contributed by atoms with Crippen molar-refractivity contribution in [3.8, 4) is 10.6 Å². The predicted molar refractivity (Wildman–Crippen MR) is 67.7 cm³/mol. The molecule has 1 aromatic carbocycles. The highest BCUT2D eigenvalue weighted by Gasteiger charge is 2.08. The van der Waals surface area contributed by atoms with E-state index in [1.165, 1.54) is 11.1 Å². The first kappa shape index (κ1) is 11.3. The van der Waals surface area contributed by atoms with E-state index in [-0.39, 0.29) is 6.61 Å². The lowest BCUT2D eigenvalue weighted by atomic mass is 10.1. The molecule has 0 unspecified atom stereocenters. The summed E-state index contributed by atoms with van der Waals surface area (Å²) in [5.41, 5.74) is 4.63. The smallest absolute Gasteiger partial charge is 0.123 e. The summed E-state index contributed by atoms with van der Waals surface area (Å²) in [6.07, 6.45) is 0. The largest absolute Gasteiger partial charge is 0.391 e. The van der Waals surface area contributed by atoms with E-state index in [0.717, 1.165) is 21.1 Å². The Balaban J connectivity index is 2.46. The van der Waals surface area contributed by atoms with E-state index < -0.39 is 0 Å². The Bertz CT molecular complexity index is 517. The molecule has 16 heavy (non-hydrogen) atoms. The molecule has 1 N–H and O–H groups in total. The molecular weight excluding hydrogens is 218 g/mol. The summed E-state index contributed by atoms with van der Waals surface area (Å²) in [7, 11) is 0. The van der Waals surface area contributed by atoms with Gasteiger partial charge in [-0.1, -0.05) is 12.1 Å². The second-order valence-corrected chi connectivity index (χ2v) is 5.07. The number of aliphatic hydroxyl groups is 1. The Kier molecular flexibility index (Phi) is 3.08. The Morgan fingerprint density at radius 2 is 1.94 bits per heavy atom. The zero-order valence-corrected chi connectivity index (χ0v) is 10.6. The van der Waals surface area contributed by atoms with Crippen molar-refractivity contribution in [3.63, 3.8) is 0 Å². The molecule has 0 amide bonds. The van der Waals surface area contributed by atoms with Gasteiger partial charge in [-0.05, 0) is 38.0 Å². The molecule has 0 bridgehead atoms. The Morgan fingerprint density at radius 3 is 2.50 bits per heavy atom. The molecule has 2 nitrogen and oxygen atoms in total. The summed E-state index contributed by atoms with van der Waals surface area (Å²) >= 11 is 1.57. The summed E-state index contributed by atoms with van der Waals surface area (Å²) in [6.45, 7) is 6.22. The van der Waals surface area contributed by atoms with Crippen LogP contribution in [-0.4, -0.2) is 10.1 Å². The molecule has 84 valence electrons. The lowest BCUT2D eigenvalue weighted by Gasteiger charge is -2.01. The normalized spacial score (nSPS) is 10.8. The maximum absolute atomic E-state index is 9.15. The number of thiazole rings is 1. The quantitative estimate of drug-likeness (QED) is 0.864. The second-order valence-electron chi connectivity index (χ2n) is 3.98. The maximum atomic E-state index is 9.15. The Hall–Kier alpha value is -1.19. The molecule has 2 aromatic rings. The minimum Gasteiger partial charge on any atom is -0.391 e. The van der Waals surface area contributed by atoms with Gasteiger partial charge in [-0.2, -0.15) is 0 Å². The van der Waals surface area contributed by atoms with Crippen LogP contribution in [0.25, 0.3) is 10.6 Å². The molecule has 0 aliphatic rings. The molecule has 1 aromatic heterocycles. The molecule has 0 aliphatic heterocycles. The van der Waals surface area contributed by atoms with Crippen LogP contribution in [0, 0.1) is 20.8 Å². The van der Waals surface area contributed by atoms with Gasteiger partial charge >= 0.3 is 0 Å². The molecule has 3 heteroatoms. The highest BCUT2D eigenvalue weighted by Crippen LogP contribution is 2.29. The number of aryl methyl sites for hydroxylation is 3. The fourth-order valence-electron chi connectivity index (χ4n) is 1.57. The van der Waals surface area contributed by atoms with E-state index in [9.17, 15) is 0 Å². The van der Waals surface area contributed by atoms with Crippen LogP contribution in [0.5, 0.6) is 0 Å². The Labute approximate surface area is 99.6 Å². The third kappa shape index (κ3) is 2.01. The van der Waals surface area contributed by atoms with E-state index in [0.29, 0.717) is 0 Å². The summed E-state index contributed by atoms with van der Waals surface area (Å²) in [6, 6.07) is 6.34. The van der Waals surface area contributed by atoms with Crippen LogP contribution in [-0.2, 0) is 6.61 Å². The topological polar surface area (TPSA) is 33.1 Å². The lowest BCUT2D eigenvalue weighted by molar-refractivity contribution is 0.284. The molecule has 1 heterocycles. The Morgan fingerprint density at radius 1 is 1.19 bits per heavy atom. The molecule has 0 fully saturated rings. The van der Waals surface area contributed by atoms with Gasteiger partial charge in [0.05, 0.1) is 17.2 Å². The maximum Gasteiger partial charge on any atom is 0.123 e. The van der Waals surface area contributed by atoms with Crippen LogP contribution in [0.15, 0.2) is 18.2 Å². The number of aromatic nitrogens is 1. The van der Waals surface area contributed by atoms with Gasteiger partial charge in [0.25, 0.3) is 0 Å². The minimum absolute atomic E-state index is 0.0777. The van der Waals surface area contributed by atoms with Crippen LogP contribution in [0.2, 0.25) is 0 Å². The van der Waals surface area contributed by atoms with Crippen molar-refractivity contribution in [1.82, 2.24) is 4.98 Å². The van der Waals surface area contributed by atoms with E-state index in [1.807, 2.05) is 6.92 Å². The SMILES string of the molecule is Cc1ccc(-c2nc(C)c(CO)s2)cc1C. The number of benzene rings is 1. The minimum atomic E-state index is 0.0777. The standard InChI is InChI=1S/C13H15NOS/c1-8-4-5-11(6-9(8)2)13-14-10(3)12(7-15)16-13/h4-6,15H,7H2,1-3H3. The molecule has 0 spiro atoms. The van der Waals surface area contributed by atoms with Gasteiger partial charge in [-0.25, -0.2) is 4.98 Å². The fraction of sp³-hybridized carbons (Fsp3) is 0.308. The average molecular weight is 233 g/mol. The zero-order chi connectivity index (χ0) is 11.7. The van der Waals surface area contributed by atoms with Crippen LogP contribution >= 0.6 is 11.3 Å². The number of hydrogen-bond acceptors (Lipinski definition) is 3. The summed E-state index contributed by atoms with van der Waals surface area (Å²) in [5, 5.41) is 10.1. The van der Waals surface area contributed by atoms with E-state index in [4.69, 9.17) is 5.11 Å². The van der Waals surface area contributed by atoms with Gasteiger partial charge in [-0.15, -0.1) is 11.3 Å². The predicted octanol–water partition coefficient (Wildman–Crippen LogP) is 3.23. The first-order valence-electron chi connectivity index (χ1n) is 5.26. The lowest BCUT2D eigenvalue weighted by Crippen LogP contribution is -1.83. The van der Waals surface area contributed by atoms with Crippen molar-refractivity contribution in [1.29, 1.82) is 0 Å². The van der Waals surface area contributed by atoms with Crippen LogP contribution in [0.4, 0.5) is 0 Å². The summed E-state index contributed by atoms with van der Waals surface area (Å²) < 4.78 is 0. The molecular formula is C13H15NOS. The van der Waals surface area contributed by atoms with Crippen LogP contribution in [0.3, 0.4) is 0 Å². The van der Waals surface area contributed by atoms with Gasteiger partial charge in [0, 0.05) is 5.56 Å². The highest BCUT2D eigenvalue weighted by atomic mass is 32.1. The molecule has 0 saturated heterocycles.